The average molecular weight is 840 g/mol. The summed E-state index contributed by atoms with van der Waals surface area (Å²) in [4.78, 5) is 4.71. The summed E-state index contributed by atoms with van der Waals surface area (Å²) in [7, 11) is 0. The van der Waals surface area contributed by atoms with E-state index in [9.17, 15) is 0 Å². The number of rotatable bonds is 9. The molecule has 0 spiro atoms. The van der Waals surface area contributed by atoms with Crippen molar-refractivity contribution < 1.29 is 25.8 Å². The van der Waals surface area contributed by atoms with Gasteiger partial charge in [0.15, 0.2) is 0 Å². The molecule has 0 saturated heterocycles. The summed E-state index contributed by atoms with van der Waals surface area (Å²) < 4.78 is 10.6. The van der Waals surface area contributed by atoms with Gasteiger partial charge >= 0.3 is 21.1 Å². The maximum atomic E-state index is 6.46. The second kappa shape index (κ2) is 14.4. The van der Waals surface area contributed by atoms with Crippen molar-refractivity contribution in [3.05, 3.63) is 131 Å². The van der Waals surface area contributed by atoms with Gasteiger partial charge in [0, 0.05) is 34.5 Å². The number of benzene rings is 4. The molecule has 0 saturated carbocycles. The second-order valence-electron chi connectivity index (χ2n) is 14.0. The molecule has 50 heavy (non-hydrogen) atoms. The minimum atomic E-state index is 0. The molecule has 0 amide bonds. The molecule has 256 valence electrons. The molecular formula is C44H44N4OPt. The van der Waals surface area contributed by atoms with E-state index in [1.807, 2.05) is 41.2 Å². The maximum Gasteiger partial charge on any atom is 2.00 e. The Bertz CT molecular complexity index is 2330. The Balaban J connectivity index is 0.00000432. The molecule has 0 aliphatic heterocycles. The van der Waals surface area contributed by atoms with Gasteiger partial charge in [0.2, 0.25) is 0 Å². The first-order valence-corrected chi connectivity index (χ1v) is 17.4. The van der Waals surface area contributed by atoms with Gasteiger partial charge in [0.25, 0.3) is 0 Å². The van der Waals surface area contributed by atoms with E-state index in [1.54, 1.807) is 0 Å². The Morgan fingerprint density at radius 1 is 0.780 bits per heavy atom. The summed E-state index contributed by atoms with van der Waals surface area (Å²) in [5, 5.41) is 7.32. The van der Waals surface area contributed by atoms with Gasteiger partial charge in [-0.25, -0.2) is 4.98 Å². The number of hydrogen-bond donors (Lipinski definition) is 0. The monoisotopic (exact) mass is 839 g/mol. The smallest absolute Gasteiger partial charge is 0.509 e. The largest absolute Gasteiger partial charge is 2.00 e. The first kappa shape index (κ1) is 35.4. The Kier molecular flexibility index (Phi) is 10.2. The van der Waals surface area contributed by atoms with Crippen LogP contribution in [0, 0.1) is 45.7 Å². The van der Waals surface area contributed by atoms with E-state index in [4.69, 9.17) is 14.8 Å². The Morgan fingerprint density at radius 3 is 2.32 bits per heavy atom. The number of nitrogens with zero attached hydrogens (tertiary/aromatic N) is 4. The minimum Gasteiger partial charge on any atom is -0.509 e. The molecule has 0 radical (unpaired) electrons. The fraction of sp³-hybridized carbons (Fsp3) is 0.273. The van der Waals surface area contributed by atoms with Crippen LogP contribution in [0.15, 0.2) is 85.1 Å². The predicted molar refractivity (Wildman–Crippen MR) is 202 cm³/mol. The predicted octanol–water partition coefficient (Wildman–Crippen LogP) is 11.4. The van der Waals surface area contributed by atoms with Crippen LogP contribution in [0.25, 0.3) is 44.4 Å². The molecule has 0 bridgehead atoms. The number of hydrogen-bond acceptors (Lipinski definition) is 3. The fourth-order valence-corrected chi connectivity index (χ4v) is 7.01. The van der Waals surface area contributed by atoms with E-state index < -0.39 is 0 Å². The topological polar surface area (TPSA) is 44.9 Å². The van der Waals surface area contributed by atoms with Crippen LogP contribution in [0.4, 0.5) is 0 Å². The summed E-state index contributed by atoms with van der Waals surface area (Å²) in [6, 6.07) is 34.4. The van der Waals surface area contributed by atoms with Gasteiger partial charge in [-0.2, -0.15) is 17.2 Å². The summed E-state index contributed by atoms with van der Waals surface area (Å²) in [6.07, 6.45) is 4.05. The van der Waals surface area contributed by atoms with Crippen LogP contribution in [-0.2, 0) is 27.5 Å². The summed E-state index contributed by atoms with van der Waals surface area (Å²) in [6.45, 7) is 17.8. The first-order chi connectivity index (χ1) is 23.6. The minimum absolute atomic E-state index is 0. The van der Waals surface area contributed by atoms with Crippen molar-refractivity contribution in [2.24, 2.45) is 5.92 Å². The van der Waals surface area contributed by atoms with Gasteiger partial charge in [-0.15, -0.1) is 35.7 Å². The summed E-state index contributed by atoms with van der Waals surface area (Å²) in [5.41, 5.74) is 12.7. The van der Waals surface area contributed by atoms with Gasteiger partial charge < -0.3 is 9.30 Å². The van der Waals surface area contributed by atoms with E-state index in [-0.39, 0.29) is 21.1 Å². The standard InChI is InChI=1S/C44H44N4O.Pt/c1-27(2)16-17-33-24-34(28(3)4)23-30(6)43(33)44-31(7)46-48(32(44)8)35-12-11-13-36(25-35)49-37-18-19-39-38-14-9-10-15-40(38)47(41(39)26-37)42-22-29(5)20-21-45-42;/h9-15,18-24,27-28H,16-17H2,1-8H3;/q-2;+2. The van der Waals surface area contributed by atoms with Crippen LogP contribution >= 0.6 is 0 Å². The zero-order valence-corrected chi connectivity index (χ0v) is 32.4. The second-order valence-corrected chi connectivity index (χ2v) is 14.0. The zero-order chi connectivity index (χ0) is 34.4. The molecule has 0 aliphatic rings. The van der Waals surface area contributed by atoms with Crippen molar-refractivity contribution in [2.45, 2.75) is 74.1 Å². The quantitative estimate of drug-likeness (QED) is 0.136. The fourth-order valence-electron chi connectivity index (χ4n) is 7.01. The van der Waals surface area contributed by atoms with E-state index >= 15 is 0 Å². The summed E-state index contributed by atoms with van der Waals surface area (Å²) in [5.74, 6) is 3.19. The van der Waals surface area contributed by atoms with Gasteiger partial charge in [0.1, 0.15) is 5.82 Å². The molecule has 4 aromatic carbocycles. The van der Waals surface area contributed by atoms with E-state index in [1.165, 1.54) is 27.8 Å². The molecule has 0 aliphatic carbocycles. The third-order valence-electron chi connectivity index (χ3n) is 9.53. The van der Waals surface area contributed by atoms with Gasteiger partial charge in [-0.3, -0.25) is 4.68 Å². The molecule has 0 atom stereocenters. The van der Waals surface area contributed by atoms with Gasteiger partial charge in [0.05, 0.1) is 5.69 Å². The van der Waals surface area contributed by atoms with Crippen molar-refractivity contribution >= 4 is 21.8 Å². The number of aromatic nitrogens is 4. The number of pyridine rings is 1. The number of ether oxygens (including phenoxy) is 1. The summed E-state index contributed by atoms with van der Waals surface area (Å²) >= 11 is 0. The number of fused-ring (bicyclic) bond motifs is 3. The van der Waals surface area contributed by atoms with Crippen LogP contribution in [-0.4, -0.2) is 19.3 Å². The molecule has 0 N–H and O–H groups in total. The van der Waals surface area contributed by atoms with Crippen molar-refractivity contribution in [2.75, 3.05) is 0 Å². The van der Waals surface area contributed by atoms with Crippen LogP contribution in [0.3, 0.4) is 0 Å². The first-order valence-electron chi connectivity index (χ1n) is 17.4. The maximum absolute atomic E-state index is 6.46. The third kappa shape index (κ3) is 6.68. The molecule has 7 rings (SSSR count). The normalized spacial score (nSPS) is 11.6. The molecular weight excluding hydrogens is 796 g/mol. The molecule has 3 heterocycles. The van der Waals surface area contributed by atoms with E-state index in [0.29, 0.717) is 23.3 Å². The van der Waals surface area contributed by atoms with Crippen LogP contribution in [0.2, 0.25) is 0 Å². The SMILES string of the molecule is Cc1ccnc(-n2c3[c-]c(Oc4[c-]c(-n5nc(C)c(-c6c(C)cc(C(C)C)cc6CCC(C)C)c5C)ccc4)ccc3c3ccccc32)c1.[Pt+2]. The van der Waals surface area contributed by atoms with Crippen LogP contribution in [0.5, 0.6) is 11.5 Å². The average Bonchev–Trinajstić information content (AvgIpc) is 3.56. The Hall–Kier alpha value is -4.47. The van der Waals surface area contributed by atoms with Gasteiger partial charge in [-0.05, 0) is 109 Å². The Morgan fingerprint density at radius 2 is 1.56 bits per heavy atom. The zero-order valence-electron chi connectivity index (χ0n) is 30.2. The van der Waals surface area contributed by atoms with Crippen molar-refractivity contribution in [3.8, 4) is 34.1 Å². The van der Waals surface area contributed by atoms with Crippen molar-refractivity contribution in [1.29, 1.82) is 0 Å². The molecule has 7 aromatic rings. The molecule has 0 fully saturated rings. The van der Waals surface area contributed by atoms with E-state index in [2.05, 4.69) is 121 Å². The van der Waals surface area contributed by atoms with Crippen molar-refractivity contribution in [1.82, 2.24) is 19.3 Å². The van der Waals surface area contributed by atoms with Crippen LogP contribution < -0.4 is 4.74 Å². The molecule has 5 nitrogen and oxygen atoms in total. The van der Waals surface area contributed by atoms with Crippen molar-refractivity contribution in [3.63, 3.8) is 0 Å². The van der Waals surface area contributed by atoms with Crippen LogP contribution in [0.1, 0.15) is 73.7 Å². The Labute approximate surface area is 310 Å². The molecule has 0 unspecified atom stereocenters. The molecule has 3 aromatic heterocycles. The third-order valence-corrected chi connectivity index (χ3v) is 9.53. The number of para-hydroxylation sites is 1. The molecule has 6 heteroatoms. The van der Waals surface area contributed by atoms with E-state index in [0.717, 1.165) is 63.1 Å². The van der Waals surface area contributed by atoms with Gasteiger partial charge in [-0.1, -0.05) is 63.5 Å². The number of aryl methyl sites for hydroxylation is 4.